The fourth-order valence-electron chi connectivity index (χ4n) is 2.13. The van der Waals surface area contributed by atoms with Crippen LogP contribution in [0.15, 0.2) is 18.2 Å². The molecule has 0 heterocycles. The average Bonchev–Trinajstić information content (AvgIpc) is 2.48. The Hall–Kier alpha value is -1.80. The number of carbonyl (C=O) groups is 1. The molecular formula is C15H24N2O5S. The normalized spacial score (nSPS) is 11.6. The predicted molar refractivity (Wildman–Crippen MR) is 88.6 cm³/mol. The first-order chi connectivity index (χ1) is 10.7. The van der Waals surface area contributed by atoms with E-state index in [0.717, 1.165) is 6.26 Å². The number of carbonyl (C=O) groups excluding carboxylic acids is 1. The number of rotatable bonds is 8. The van der Waals surface area contributed by atoms with Crippen LogP contribution >= 0.6 is 0 Å². The summed E-state index contributed by atoms with van der Waals surface area (Å²) >= 11 is 0. The zero-order valence-electron chi connectivity index (χ0n) is 14.1. The molecule has 0 aromatic heterocycles. The second-order valence-electron chi connectivity index (χ2n) is 5.32. The first-order valence-corrected chi connectivity index (χ1v) is 9.02. The standard InChI is InChI=1S/C15H24N2O5S/c1-11(2)17(23(5,19)20)7-6-16-15(18)12-8-13(21-3)10-14(9-12)22-4/h8-11H,6-7H2,1-5H3,(H,16,18). The lowest BCUT2D eigenvalue weighted by Gasteiger charge is -2.23. The van der Waals surface area contributed by atoms with Crippen molar-refractivity contribution in [1.82, 2.24) is 9.62 Å². The van der Waals surface area contributed by atoms with E-state index in [1.807, 2.05) is 0 Å². The number of methoxy groups -OCH3 is 2. The summed E-state index contributed by atoms with van der Waals surface area (Å²) in [6.07, 6.45) is 1.15. The highest BCUT2D eigenvalue weighted by atomic mass is 32.2. The molecule has 0 bridgehead atoms. The number of benzene rings is 1. The maximum Gasteiger partial charge on any atom is 0.251 e. The third-order valence-electron chi connectivity index (χ3n) is 3.23. The molecule has 0 aliphatic rings. The number of amides is 1. The van der Waals surface area contributed by atoms with E-state index in [4.69, 9.17) is 9.47 Å². The maximum absolute atomic E-state index is 12.2. The monoisotopic (exact) mass is 344 g/mol. The quantitative estimate of drug-likeness (QED) is 0.763. The van der Waals surface area contributed by atoms with Crippen LogP contribution in [0.5, 0.6) is 11.5 Å². The molecule has 0 spiro atoms. The van der Waals surface area contributed by atoms with Crippen LogP contribution in [-0.2, 0) is 10.0 Å². The van der Waals surface area contributed by atoms with E-state index in [9.17, 15) is 13.2 Å². The van der Waals surface area contributed by atoms with Gasteiger partial charge >= 0.3 is 0 Å². The van der Waals surface area contributed by atoms with Gasteiger partial charge in [0.1, 0.15) is 11.5 Å². The van der Waals surface area contributed by atoms with Crippen LogP contribution < -0.4 is 14.8 Å². The van der Waals surface area contributed by atoms with Gasteiger partial charge in [-0.2, -0.15) is 4.31 Å². The summed E-state index contributed by atoms with van der Waals surface area (Å²) in [5, 5.41) is 2.70. The smallest absolute Gasteiger partial charge is 0.251 e. The topological polar surface area (TPSA) is 84.9 Å². The highest BCUT2D eigenvalue weighted by Crippen LogP contribution is 2.22. The molecule has 23 heavy (non-hydrogen) atoms. The largest absolute Gasteiger partial charge is 0.497 e. The van der Waals surface area contributed by atoms with E-state index in [-0.39, 0.29) is 25.0 Å². The summed E-state index contributed by atoms with van der Waals surface area (Å²) in [5.74, 6) is 0.697. The van der Waals surface area contributed by atoms with E-state index in [2.05, 4.69) is 5.32 Å². The molecule has 1 rings (SSSR count). The van der Waals surface area contributed by atoms with Crippen molar-refractivity contribution in [3.8, 4) is 11.5 Å². The maximum atomic E-state index is 12.2. The van der Waals surface area contributed by atoms with Crippen LogP contribution in [0, 0.1) is 0 Å². The van der Waals surface area contributed by atoms with Gasteiger partial charge in [-0.25, -0.2) is 8.42 Å². The van der Waals surface area contributed by atoms with E-state index < -0.39 is 10.0 Å². The molecule has 0 saturated carbocycles. The van der Waals surface area contributed by atoms with Gasteiger partial charge < -0.3 is 14.8 Å². The van der Waals surface area contributed by atoms with E-state index in [0.29, 0.717) is 17.1 Å². The van der Waals surface area contributed by atoms with Gasteiger partial charge in [-0.1, -0.05) is 0 Å². The van der Waals surface area contributed by atoms with Crippen molar-refractivity contribution < 1.29 is 22.7 Å². The Balaban J connectivity index is 2.74. The summed E-state index contributed by atoms with van der Waals surface area (Å²) in [4.78, 5) is 12.2. The Labute approximate surface area is 137 Å². The number of nitrogens with zero attached hydrogens (tertiary/aromatic N) is 1. The molecule has 0 aliphatic carbocycles. The molecule has 0 saturated heterocycles. The highest BCUT2D eigenvalue weighted by Gasteiger charge is 2.20. The number of hydrogen-bond acceptors (Lipinski definition) is 5. The Bertz CT molecular complexity index is 621. The van der Waals surface area contributed by atoms with Crippen molar-refractivity contribution in [3.05, 3.63) is 23.8 Å². The van der Waals surface area contributed by atoms with Crippen molar-refractivity contribution in [2.75, 3.05) is 33.6 Å². The third kappa shape index (κ3) is 5.72. The number of hydrogen-bond donors (Lipinski definition) is 1. The van der Waals surface area contributed by atoms with Crippen LogP contribution in [0.2, 0.25) is 0 Å². The van der Waals surface area contributed by atoms with Gasteiger partial charge in [0, 0.05) is 30.8 Å². The molecule has 0 atom stereocenters. The van der Waals surface area contributed by atoms with Gasteiger partial charge in [0.2, 0.25) is 10.0 Å². The zero-order valence-corrected chi connectivity index (χ0v) is 14.9. The fourth-order valence-corrected chi connectivity index (χ4v) is 3.32. The second-order valence-corrected chi connectivity index (χ2v) is 7.26. The van der Waals surface area contributed by atoms with Crippen LogP contribution in [0.4, 0.5) is 0 Å². The minimum absolute atomic E-state index is 0.168. The molecule has 0 unspecified atom stereocenters. The number of nitrogens with one attached hydrogen (secondary N) is 1. The first-order valence-electron chi connectivity index (χ1n) is 7.17. The summed E-state index contributed by atoms with van der Waals surface area (Å²) in [5.41, 5.74) is 0.386. The average molecular weight is 344 g/mol. The Morgan fingerprint density at radius 1 is 1.17 bits per heavy atom. The van der Waals surface area contributed by atoms with Gasteiger partial charge in [-0.3, -0.25) is 4.79 Å². The number of ether oxygens (including phenoxy) is 2. The minimum Gasteiger partial charge on any atom is -0.497 e. The lowest BCUT2D eigenvalue weighted by molar-refractivity contribution is 0.0950. The summed E-state index contributed by atoms with van der Waals surface area (Å²) < 4.78 is 34.9. The Morgan fingerprint density at radius 3 is 2.09 bits per heavy atom. The van der Waals surface area contributed by atoms with E-state index in [1.54, 1.807) is 32.0 Å². The lowest BCUT2D eigenvalue weighted by atomic mass is 10.2. The second kappa shape index (κ2) is 8.16. The summed E-state index contributed by atoms with van der Waals surface area (Å²) in [6.45, 7) is 4.00. The van der Waals surface area contributed by atoms with Gasteiger partial charge in [-0.05, 0) is 26.0 Å². The molecule has 0 radical (unpaired) electrons. The van der Waals surface area contributed by atoms with Crippen molar-refractivity contribution in [3.63, 3.8) is 0 Å². The molecule has 1 aromatic carbocycles. The van der Waals surface area contributed by atoms with Crippen molar-refractivity contribution in [2.24, 2.45) is 0 Å². The molecular weight excluding hydrogens is 320 g/mol. The summed E-state index contributed by atoms with van der Waals surface area (Å²) in [6, 6.07) is 4.68. The molecule has 1 amide bonds. The van der Waals surface area contributed by atoms with Crippen LogP contribution in [0.3, 0.4) is 0 Å². The molecule has 0 aliphatic heterocycles. The van der Waals surface area contributed by atoms with Gasteiger partial charge in [0.05, 0.1) is 20.5 Å². The molecule has 8 heteroatoms. The fraction of sp³-hybridized carbons (Fsp3) is 0.533. The van der Waals surface area contributed by atoms with Gasteiger partial charge in [0.25, 0.3) is 5.91 Å². The number of sulfonamides is 1. The molecule has 7 nitrogen and oxygen atoms in total. The van der Waals surface area contributed by atoms with E-state index >= 15 is 0 Å². The molecule has 130 valence electrons. The Morgan fingerprint density at radius 2 is 1.70 bits per heavy atom. The molecule has 1 aromatic rings. The van der Waals surface area contributed by atoms with Gasteiger partial charge in [-0.15, -0.1) is 0 Å². The molecule has 0 fully saturated rings. The van der Waals surface area contributed by atoms with Crippen molar-refractivity contribution >= 4 is 15.9 Å². The third-order valence-corrected chi connectivity index (χ3v) is 4.69. The predicted octanol–water partition coefficient (Wildman–Crippen LogP) is 1.10. The van der Waals surface area contributed by atoms with Crippen LogP contribution in [0.25, 0.3) is 0 Å². The van der Waals surface area contributed by atoms with Crippen LogP contribution in [0.1, 0.15) is 24.2 Å². The first kappa shape index (κ1) is 19.2. The van der Waals surface area contributed by atoms with Gasteiger partial charge in [0.15, 0.2) is 0 Å². The van der Waals surface area contributed by atoms with Crippen molar-refractivity contribution in [1.29, 1.82) is 0 Å². The summed E-state index contributed by atoms with van der Waals surface area (Å²) in [7, 11) is -0.300. The van der Waals surface area contributed by atoms with Crippen LogP contribution in [-0.4, -0.2) is 58.2 Å². The van der Waals surface area contributed by atoms with E-state index in [1.165, 1.54) is 18.5 Å². The minimum atomic E-state index is -3.31. The lowest BCUT2D eigenvalue weighted by Crippen LogP contribution is -2.41. The Kier molecular flexibility index (Phi) is 6.83. The van der Waals surface area contributed by atoms with Crippen molar-refractivity contribution in [2.45, 2.75) is 19.9 Å². The SMILES string of the molecule is COc1cc(OC)cc(C(=O)NCCN(C(C)C)S(C)(=O)=O)c1. The molecule has 1 N–H and O–H groups in total. The zero-order chi connectivity index (χ0) is 17.6. The highest BCUT2D eigenvalue weighted by molar-refractivity contribution is 7.88.